The molecule has 0 spiro atoms. The molecule has 1 N–H and O–H groups in total. The third-order valence-electron chi connectivity index (χ3n) is 4.90. The van der Waals surface area contributed by atoms with Crippen LogP contribution in [0, 0.1) is 0 Å². The van der Waals surface area contributed by atoms with Crippen molar-refractivity contribution >= 4 is 18.4 Å². The summed E-state index contributed by atoms with van der Waals surface area (Å²) in [5.74, 6) is 0.589. The van der Waals surface area contributed by atoms with E-state index in [1.54, 1.807) is 11.8 Å². The highest BCUT2D eigenvalue weighted by atomic mass is 14.9. The summed E-state index contributed by atoms with van der Waals surface area (Å²) in [7, 11) is 0. The molecule has 0 bridgehead atoms. The van der Waals surface area contributed by atoms with Crippen molar-refractivity contribution in [3.05, 3.63) is 82.7 Å². The van der Waals surface area contributed by atoms with Crippen LogP contribution in [0.3, 0.4) is 0 Å². The first-order chi connectivity index (χ1) is 11.9. The Bertz CT molecular complexity index is 792. The van der Waals surface area contributed by atoms with Gasteiger partial charge in [-0.1, -0.05) is 54.7 Å². The van der Waals surface area contributed by atoms with E-state index in [1.165, 1.54) is 35.1 Å². The largest absolute Gasteiger partial charge is 0.385 e. The first-order valence-corrected chi connectivity index (χ1v) is 8.70. The molecule has 1 aromatic carbocycles. The van der Waals surface area contributed by atoms with Gasteiger partial charge in [0.1, 0.15) is 0 Å². The Morgan fingerprint density at radius 3 is 2.88 bits per heavy atom. The van der Waals surface area contributed by atoms with Gasteiger partial charge in [-0.25, -0.2) is 0 Å². The Morgan fingerprint density at radius 2 is 2.08 bits per heavy atom. The molecule has 1 aliphatic heterocycles. The van der Waals surface area contributed by atoms with Crippen LogP contribution in [0.4, 0.5) is 0 Å². The Morgan fingerprint density at radius 1 is 1.08 bits per heavy atom. The van der Waals surface area contributed by atoms with Crippen LogP contribution in [0.25, 0.3) is 12.2 Å². The maximum absolute atomic E-state index is 3.81. The highest BCUT2D eigenvalue weighted by Crippen LogP contribution is 2.41. The Hall–Kier alpha value is -2.61. The second-order valence-electron chi connectivity index (χ2n) is 6.35. The molecule has 0 saturated carbocycles. The zero-order chi connectivity index (χ0) is 16.2. The number of benzene rings is 1. The lowest BCUT2D eigenvalue weighted by atomic mass is 9.76. The minimum Gasteiger partial charge on any atom is -0.385 e. The minimum atomic E-state index is 0.589. The fourth-order valence-electron chi connectivity index (χ4n) is 3.71. The normalized spacial score (nSPS) is 21.7. The van der Waals surface area contributed by atoms with E-state index in [-0.39, 0.29) is 0 Å². The first kappa shape index (κ1) is 14.9. The highest BCUT2D eigenvalue weighted by molar-refractivity contribution is 5.73. The van der Waals surface area contributed by atoms with Crippen molar-refractivity contribution in [3.63, 3.8) is 0 Å². The zero-order valence-electron chi connectivity index (χ0n) is 13.8. The number of aliphatic imine (C=N–C) groups is 1. The van der Waals surface area contributed by atoms with Gasteiger partial charge in [-0.15, -0.1) is 0 Å². The number of fused-ring (bicyclic) bond motifs is 5. The van der Waals surface area contributed by atoms with Crippen molar-refractivity contribution in [2.24, 2.45) is 4.99 Å². The van der Waals surface area contributed by atoms with E-state index in [2.05, 4.69) is 65.0 Å². The van der Waals surface area contributed by atoms with Crippen molar-refractivity contribution in [2.75, 3.05) is 6.54 Å². The summed E-state index contributed by atoms with van der Waals surface area (Å²) in [5.41, 5.74) is 7.47. The average Bonchev–Trinajstić information content (AvgIpc) is 2.69. The maximum atomic E-state index is 3.81. The first-order valence-electron chi connectivity index (χ1n) is 8.70. The molecule has 2 heteroatoms. The molecule has 0 aromatic heterocycles. The predicted octanol–water partition coefficient (Wildman–Crippen LogP) is 4.77. The quantitative estimate of drug-likeness (QED) is 0.732. The number of rotatable bonds is 0. The standard InChI is InChI=1S/C18H16.C4H6N2/c1-3-7-15-13(5-1)9-11-18-16-8-4-2-6-14(16)10-12-17(15)18;1-2-6-4-3-5-1/h1-3,5-6,9-12,15H,4,7-8H2;1-3,6H,4H2. The predicted molar refractivity (Wildman–Crippen MR) is 103 cm³/mol. The van der Waals surface area contributed by atoms with Gasteiger partial charge < -0.3 is 5.32 Å². The highest BCUT2D eigenvalue weighted by Gasteiger charge is 2.24. The van der Waals surface area contributed by atoms with E-state index in [0.717, 1.165) is 13.0 Å². The molecule has 0 fully saturated rings. The molecule has 2 nitrogen and oxygen atoms in total. The molecule has 1 unspecified atom stereocenters. The second-order valence-corrected chi connectivity index (χ2v) is 6.35. The van der Waals surface area contributed by atoms with Gasteiger partial charge >= 0.3 is 0 Å². The van der Waals surface area contributed by atoms with Crippen LogP contribution in [0.2, 0.25) is 0 Å². The fourth-order valence-corrected chi connectivity index (χ4v) is 3.71. The Kier molecular flexibility index (Phi) is 4.28. The summed E-state index contributed by atoms with van der Waals surface area (Å²) >= 11 is 0. The molecule has 24 heavy (non-hydrogen) atoms. The summed E-state index contributed by atoms with van der Waals surface area (Å²) in [6.07, 6.45) is 24.8. The average molecular weight is 314 g/mol. The summed E-state index contributed by atoms with van der Waals surface area (Å²) in [4.78, 5) is 3.81. The van der Waals surface area contributed by atoms with Crippen LogP contribution in [0.1, 0.15) is 41.0 Å². The molecule has 4 aliphatic rings. The van der Waals surface area contributed by atoms with Gasteiger partial charge in [-0.05, 0) is 47.1 Å². The maximum Gasteiger partial charge on any atom is 0.0498 e. The van der Waals surface area contributed by atoms with Gasteiger partial charge in [-0.2, -0.15) is 0 Å². The summed E-state index contributed by atoms with van der Waals surface area (Å²) < 4.78 is 0. The van der Waals surface area contributed by atoms with Crippen LogP contribution in [-0.4, -0.2) is 12.8 Å². The van der Waals surface area contributed by atoms with Gasteiger partial charge in [0.25, 0.3) is 0 Å². The van der Waals surface area contributed by atoms with E-state index in [9.17, 15) is 0 Å². The van der Waals surface area contributed by atoms with E-state index in [1.807, 2.05) is 12.4 Å². The van der Waals surface area contributed by atoms with Crippen molar-refractivity contribution in [1.82, 2.24) is 5.32 Å². The van der Waals surface area contributed by atoms with Crippen molar-refractivity contribution < 1.29 is 0 Å². The number of hydrogen-bond acceptors (Lipinski definition) is 2. The molecule has 5 rings (SSSR count). The third kappa shape index (κ3) is 2.92. The van der Waals surface area contributed by atoms with Gasteiger partial charge in [0.15, 0.2) is 0 Å². The summed E-state index contributed by atoms with van der Waals surface area (Å²) in [5, 5.41) is 2.95. The van der Waals surface area contributed by atoms with E-state index < -0.39 is 0 Å². The number of nitrogens with zero attached hydrogens (tertiary/aromatic N) is 1. The molecular formula is C22H22N2. The summed E-state index contributed by atoms with van der Waals surface area (Å²) in [6, 6.07) is 4.64. The SMILES string of the molecule is C1=CCC2C(=C1)C=Cc1c2ccc2c1CCC=C2.C1=CNCC=N1. The van der Waals surface area contributed by atoms with E-state index in [4.69, 9.17) is 0 Å². The molecule has 0 radical (unpaired) electrons. The van der Waals surface area contributed by atoms with E-state index in [0.29, 0.717) is 5.92 Å². The molecule has 120 valence electrons. The van der Waals surface area contributed by atoms with Gasteiger partial charge in [0.2, 0.25) is 0 Å². The fraction of sp³-hybridized carbons (Fsp3) is 0.227. The Balaban J connectivity index is 0.000000207. The second kappa shape index (κ2) is 6.88. The van der Waals surface area contributed by atoms with Gasteiger partial charge in [-0.3, -0.25) is 4.99 Å². The molecule has 0 amide bonds. The van der Waals surface area contributed by atoms with Crippen LogP contribution in [-0.2, 0) is 6.42 Å². The smallest absolute Gasteiger partial charge is 0.0498 e. The number of nitrogens with one attached hydrogen (secondary N) is 1. The van der Waals surface area contributed by atoms with Gasteiger partial charge in [0, 0.05) is 31.1 Å². The van der Waals surface area contributed by atoms with Crippen molar-refractivity contribution in [3.8, 4) is 0 Å². The lowest BCUT2D eigenvalue weighted by Crippen LogP contribution is -2.11. The van der Waals surface area contributed by atoms with Crippen LogP contribution in [0.5, 0.6) is 0 Å². The Labute approximate surface area is 143 Å². The topological polar surface area (TPSA) is 24.4 Å². The molecular weight excluding hydrogens is 292 g/mol. The number of hydrogen-bond donors (Lipinski definition) is 1. The molecule has 0 saturated heterocycles. The molecule has 1 heterocycles. The lowest BCUT2D eigenvalue weighted by molar-refractivity contribution is 0.804. The van der Waals surface area contributed by atoms with Crippen LogP contribution >= 0.6 is 0 Å². The lowest BCUT2D eigenvalue weighted by Gasteiger charge is -2.28. The minimum absolute atomic E-state index is 0.589. The van der Waals surface area contributed by atoms with Gasteiger partial charge in [0.05, 0.1) is 0 Å². The molecule has 3 aliphatic carbocycles. The monoisotopic (exact) mass is 314 g/mol. The van der Waals surface area contributed by atoms with Crippen LogP contribution < -0.4 is 5.32 Å². The third-order valence-corrected chi connectivity index (χ3v) is 4.90. The van der Waals surface area contributed by atoms with Crippen LogP contribution in [0.15, 0.2) is 65.5 Å². The number of allylic oxidation sites excluding steroid dienone is 6. The summed E-state index contributed by atoms with van der Waals surface area (Å²) in [6.45, 7) is 0.872. The van der Waals surface area contributed by atoms with Crippen molar-refractivity contribution in [1.29, 1.82) is 0 Å². The molecule has 1 atom stereocenters. The zero-order valence-corrected chi connectivity index (χ0v) is 13.8. The molecule has 1 aromatic rings. The van der Waals surface area contributed by atoms with Crippen molar-refractivity contribution in [2.45, 2.75) is 25.2 Å². The van der Waals surface area contributed by atoms with E-state index >= 15 is 0 Å².